The lowest BCUT2D eigenvalue weighted by molar-refractivity contribution is -0.131. The fourth-order valence-corrected chi connectivity index (χ4v) is 2.09. The Kier molecular flexibility index (Phi) is 6.25. The molecule has 24 heavy (non-hydrogen) atoms. The summed E-state index contributed by atoms with van der Waals surface area (Å²) in [5.74, 6) is 0.967. The molecule has 0 aliphatic rings. The molecule has 0 unspecified atom stereocenters. The van der Waals surface area contributed by atoms with E-state index < -0.39 is 5.97 Å². The van der Waals surface area contributed by atoms with Gasteiger partial charge in [-0.2, -0.15) is 0 Å². The van der Waals surface area contributed by atoms with Crippen molar-refractivity contribution in [3.05, 3.63) is 59.7 Å². The Morgan fingerprint density at radius 1 is 1.08 bits per heavy atom. The van der Waals surface area contributed by atoms with Crippen molar-refractivity contribution >= 4 is 12.0 Å². The molecular formula is C19H20O5. The van der Waals surface area contributed by atoms with Crippen molar-refractivity contribution in [3.63, 3.8) is 0 Å². The Bertz CT molecular complexity index is 704. The van der Waals surface area contributed by atoms with Crippen LogP contribution >= 0.6 is 0 Å². The summed E-state index contributed by atoms with van der Waals surface area (Å²) in [7, 11) is 1.56. The average molecular weight is 328 g/mol. The number of aliphatic carboxylic acids is 1. The Morgan fingerprint density at radius 2 is 1.83 bits per heavy atom. The fraction of sp³-hybridized carbons (Fsp3) is 0.211. The number of carboxylic acid groups (broad SMARTS) is 1. The van der Waals surface area contributed by atoms with Crippen LogP contribution in [-0.4, -0.2) is 24.8 Å². The van der Waals surface area contributed by atoms with Crippen molar-refractivity contribution in [2.75, 3.05) is 13.7 Å². The maximum atomic E-state index is 10.6. The number of hydrogen-bond donors (Lipinski definition) is 1. The summed E-state index contributed by atoms with van der Waals surface area (Å²) >= 11 is 0. The number of carboxylic acids is 1. The molecule has 5 heteroatoms. The largest absolute Gasteiger partial charge is 0.494 e. The molecule has 126 valence electrons. The number of rotatable bonds is 8. The van der Waals surface area contributed by atoms with E-state index in [1.807, 2.05) is 31.2 Å². The second-order valence-corrected chi connectivity index (χ2v) is 4.95. The first-order valence-electron chi connectivity index (χ1n) is 7.56. The molecule has 0 saturated carbocycles. The highest BCUT2D eigenvalue weighted by molar-refractivity contribution is 5.85. The first kappa shape index (κ1) is 17.4. The highest BCUT2D eigenvalue weighted by atomic mass is 16.5. The van der Waals surface area contributed by atoms with Gasteiger partial charge in [-0.1, -0.05) is 18.2 Å². The van der Waals surface area contributed by atoms with Crippen molar-refractivity contribution in [2.45, 2.75) is 13.5 Å². The zero-order valence-electron chi connectivity index (χ0n) is 13.7. The van der Waals surface area contributed by atoms with Crippen LogP contribution in [0.25, 0.3) is 6.08 Å². The van der Waals surface area contributed by atoms with Crippen molar-refractivity contribution in [2.24, 2.45) is 0 Å². The third-order valence-corrected chi connectivity index (χ3v) is 3.23. The molecule has 5 nitrogen and oxygen atoms in total. The van der Waals surface area contributed by atoms with Crippen molar-refractivity contribution < 1.29 is 24.1 Å². The van der Waals surface area contributed by atoms with E-state index in [1.165, 1.54) is 6.08 Å². The summed E-state index contributed by atoms with van der Waals surface area (Å²) in [5.41, 5.74) is 1.71. The maximum absolute atomic E-state index is 10.6. The summed E-state index contributed by atoms with van der Waals surface area (Å²) in [5, 5.41) is 8.70. The Labute approximate surface area is 141 Å². The summed E-state index contributed by atoms with van der Waals surface area (Å²) in [6.45, 7) is 2.94. The zero-order valence-corrected chi connectivity index (χ0v) is 13.7. The summed E-state index contributed by atoms with van der Waals surface area (Å²) in [6, 6.07) is 12.9. The van der Waals surface area contributed by atoms with E-state index in [4.69, 9.17) is 19.3 Å². The predicted octanol–water partition coefficient (Wildman–Crippen LogP) is 3.77. The van der Waals surface area contributed by atoms with Gasteiger partial charge in [0.25, 0.3) is 0 Å². The minimum Gasteiger partial charge on any atom is -0.494 e. The van der Waals surface area contributed by atoms with Crippen molar-refractivity contribution in [3.8, 4) is 17.2 Å². The van der Waals surface area contributed by atoms with Gasteiger partial charge < -0.3 is 19.3 Å². The molecule has 0 fully saturated rings. The molecule has 0 amide bonds. The van der Waals surface area contributed by atoms with Crippen LogP contribution in [0.5, 0.6) is 17.2 Å². The van der Waals surface area contributed by atoms with E-state index >= 15 is 0 Å². The molecule has 0 atom stereocenters. The number of ether oxygens (including phenoxy) is 3. The van der Waals surface area contributed by atoms with E-state index in [2.05, 4.69) is 0 Å². The number of hydrogen-bond acceptors (Lipinski definition) is 4. The predicted molar refractivity (Wildman–Crippen MR) is 91.6 cm³/mol. The van der Waals surface area contributed by atoms with Crippen molar-refractivity contribution in [1.82, 2.24) is 0 Å². The average Bonchev–Trinajstić information content (AvgIpc) is 2.59. The summed E-state index contributed by atoms with van der Waals surface area (Å²) in [4.78, 5) is 10.6. The Morgan fingerprint density at radius 3 is 2.46 bits per heavy atom. The summed E-state index contributed by atoms with van der Waals surface area (Å²) < 4.78 is 16.5. The quantitative estimate of drug-likeness (QED) is 0.747. The van der Waals surface area contributed by atoms with E-state index in [0.717, 1.165) is 23.0 Å². The first-order chi connectivity index (χ1) is 11.6. The van der Waals surface area contributed by atoms with Gasteiger partial charge in [0.05, 0.1) is 13.7 Å². The van der Waals surface area contributed by atoms with Crippen LogP contribution in [0.1, 0.15) is 18.1 Å². The number of methoxy groups -OCH3 is 1. The van der Waals surface area contributed by atoms with Crippen LogP contribution in [-0.2, 0) is 11.4 Å². The molecule has 0 aromatic heterocycles. The normalized spacial score (nSPS) is 10.6. The topological polar surface area (TPSA) is 65.0 Å². The van der Waals surface area contributed by atoms with Crippen LogP contribution < -0.4 is 14.2 Å². The molecule has 0 saturated heterocycles. The van der Waals surface area contributed by atoms with Crippen LogP contribution in [0.15, 0.2) is 48.5 Å². The highest BCUT2D eigenvalue weighted by Gasteiger charge is 2.06. The Hall–Kier alpha value is -2.95. The lowest BCUT2D eigenvalue weighted by Crippen LogP contribution is -1.98. The SMILES string of the molecule is CCOc1ccc(COc2cc(/C=C/C(=O)O)ccc2OC)cc1. The lowest BCUT2D eigenvalue weighted by Gasteiger charge is -2.12. The molecular weight excluding hydrogens is 308 g/mol. The van der Waals surface area contributed by atoms with Gasteiger partial charge in [-0.15, -0.1) is 0 Å². The van der Waals surface area contributed by atoms with Crippen LogP contribution in [0.3, 0.4) is 0 Å². The van der Waals surface area contributed by atoms with Gasteiger partial charge in [0, 0.05) is 6.08 Å². The van der Waals surface area contributed by atoms with Crippen molar-refractivity contribution in [1.29, 1.82) is 0 Å². The third-order valence-electron chi connectivity index (χ3n) is 3.23. The molecule has 0 heterocycles. The van der Waals surface area contributed by atoms with Gasteiger partial charge in [-0.05, 0) is 48.4 Å². The minimum atomic E-state index is -0.998. The molecule has 0 bridgehead atoms. The number of carbonyl (C=O) groups is 1. The third kappa shape index (κ3) is 5.05. The highest BCUT2D eigenvalue weighted by Crippen LogP contribution is 2.29. The molecule has 2 aromatic carbocycles. The maximum Gasteiger partial charge on any atom is 0.328 e. The molecule has 0 aliphatic carbocycles. The monoisotopic (exact) mass is 328 g/mol. The smallest absolute Gasteiger partial charge is 0.328 e. The van der Waals surface area contributed by atoms with Gasteiger partial charge in [0.2, 0.25) is 0 Å². The minimum absolute atomic E-state index is 0.370. The van der Waals surface area contributed by atoms with Crippen LogP contribution in [0, 0.1) is 0 Å². The second-order valence-electron chi connectivity index (χ2n) is 4.95. The van der Waals surface area contributed by atoms with E-state index in [0.29, 0.717) is 24.7 Å². The lowest BCUT2D eigenvalue weighted by atomic mass is 10.2. The second kappa shape index (κ2) is 8.62. The van der Waals surface area contributed by atoms with Gasteiger partial charge in [0.15, 0.2) is 11.5 Å². The van der Waals surface area contributed by atoms with Gasteiger partial charge >= 0.3 is 5.97 Å². The molecule has 1 N–H and O–H groups in total. The van der Waals surface area contributed by atoms with E-state index in [-0.39, 0.29) is 0 Å². The van der Waals surface area contributed by atoms with E-state index in [9.17, 15) is 4.79 Å². The van der Waals surface area contributed by atoms with E-state index in [1.54, 1.807) is 25.3 Å². The molecule has 0 spiro atoms. The van der Waals surface area contributed by atoms with Gasteiger partial charge in [-0.3, -0.25) is 0 Å². The van der Waals surface area contributed by atoms with Gasteiger partial charge in [0.1, 0.15) is 12.4 Å². The zero-order chi connectivity index (χ0) is 17.4. The Balaban J connectivity index is 2.09. The first-order valence-corrected chi connectivity index (χ1v) is 7.56. The molecule has 0 aliphatic heterocycles. The molecule has 0 radical (unpaired) electrons. The fourth-order valence-electron chi connectivity index (χ4n) is 2.09. The summed E-state index contributed by atoms with van der Waals surface area (Å²) in [6.07, 6.45) is 2.59. The number of benzene rings is 2. The molecule has 2 aromatic rings. The van der Waals surface area contributed by atoms with Gasteiger partial charge in [-0.25, -0.2) is 4.79 Å². The molecule has 2 rings (SSSR count). The van der Waals surface area contributed by atoms with Crippen LogP contribution in [0.4, 0.5) is 0 Å². The van der Waals surface area contributed by atoms with Crippen LogP contribution in [0.2, 0.25) is 0 Å². The standard InChI is InChI=1S/C19H20O5/c1-3-23-16-8-4-15(5-9-16)13-24-18-12-14(7-11-19(20)21)6-10-17(18)22-2/h4-12H,3,13H2,1-2H3,(H,20,21)/b11-7+.